The van der Waals surface area contributed by atoms with Crippen LogP contribution >= 0.6 is 22.9 Å². The number of carbonyl (C=O) groups excluding carboxylic acids is 2. The number of rotatable bonds is 5. The van der Waals surface area contributed by atoms with Crippen LogP contribution in [-0.2, 0) is 22.0 Å². The predicted octanol–water partition coefficient (Wildman–Crippen LogP) is 1.46. The zero-order valence-corrected chi connectivity index (χ0v) is 12.3. The van der Waals surface area contributed by atoms with Crippen molar-refractivity contribution in [2.24, 2.45) is 0 Å². The van der Waals surface area contributed by atoms with Crippen LogP contribution < -0.4 is 0 Å². The second kappa shape index (κ2) is 6.34. The second-order valence-electron chi connectivity index (χ2n) is 4.43. The van der Waals surface area contributed by atoms with Gasteiger partial charge in [-0.05, 0) is 6.42 Å². The molecule has 2 heterocycles. The number of carbonyl (C=O) groups is 2. The van der Waals surface area contributed by atoms with E-state index in [1.54, 1.807) is 9.80 Å². The highest BCUT2D eigenvalue weighted by Crippen LogP contribution is 2.16. The molecule has 0 bridgehead atoms. The van der Waals surface area contributed by atoms with Crippen LogP contribution in [0.25, 0.3) is 0 Å². The summed E-state index contributed by atoms with van der Waals surface area (Å²) < 4.78 is 0. The maximum atomic E-state index is 12.0. The molecule has 2 rings (SSSR count). The molecule has 0 spiro atoms. The highest BCUT2D eigenvalue weighted by Gasteiger charge is 2.29. The summed E-state index contributed by atoms with van der Waals surface area (Å²) in [6.45, 7) is 3.36. The molecule has 19 heavy (non-hydrogen) atoms. The van der Waals surface area contributed by atoms with Crippen molar-refractivity contribution in [2.75, 3.05) is 19.6 Å². The first-order chi connectivity index (χ1) is 9.13. The topological polar surface area (TPSA) is 53.5 Å². The molecule has 1 aromatic rings. The van der Waals surface area contributed by atoms with Gasteiger partial charge in [-0.1, -0.05) is 6.92 Å². The minimum absolute atomic E-state index is 0.00979. The van der Waals surface area contributed by atoms with Crippen molar-refractivity contribution >= 4 is 34.8 Å². The second-order valence-corrected chi connectivity index (χ2v) is 5.64. The van der Waals surface area contributed by atoms with Gasteiger partial charge in [0, 0.05) is 11.9 Å². The summed E-state index contributed by atoms with van der Waals surface area (Å²) in [6.07, 6.45) is 0.866. The zero-order valence-electron chi connectivity index (χ0n) is 10.8. The number of halogens is 1. The molecule has 1 aliphatic rings. The summed E-state index contributed by atoms with van der Waals surface area (Å²) in [7, 11) is 0. The van der Waals surface area contributed by atoms with E-state index in [2.05, 4.69) is 4.98 Å². The lowest BCUT2D eigenvalue weighted by Crippen LogP contribution is -2.53. The number of thiazole rings is 1. The van der Waals surface area contributed by atoms with Gasteiger partial charge in [0.1, 0.15) is 11.6 Å². The molecular formula is C12H16ClN3O2S. The number of nitrogens with zero attached hydrogens (tertiary/aromatic N) is 3. The number of aromatic nitrogens is 1. The van der Waals surface area contributed by atoms with Crippen LogP contribution in [0.2, 0.25) is 0 Å². The number of hydrogen-bond donors (Lipinski definition) is 0. The highest BCUT2D eigenvalue weighted by atomic mass is 35.5. The molecule has 5 nitrogen and oxygen atoms in total. The molecule has 2 amide bonds. The molecule has 1 fully saturated rings. The Bertz CT molecular complexity index is 477. The van der Waals surface area contributed by atoms with Crippen LogP contribution in [0.5, 0.6) is 0 Å². The first-order valence-electron chi connectivity index (χ1n) is 6.18. The van der Waals surface area contributed by atoms with Crippen LogP contribution in [0.1, 0.15) is 24.0 Å². The van der Waals surface area contributed by atoms with Crippen LogP contribution in [0.3, 0.4) is 0 Å². The normalized spacial score (nSPS) is 16.3. The van der Waals surface area contributed by atoms with Crippen LogP contribution in [0, 0.1) is 0 Å². The lowest BCUT2D eigenvalue weighted by atomic mass is 10.2. The van der Waals surface area contributed by atoms with Gasteiger partial charge in [-0.3, -0.25) is 9.59 Å². The van der Waals surface area contributed by atoms with E-state index in [0.717, 1.165) is 17.1 Å². The van der Waals surface area contributed by atoms with Crippen molar-refractivity contribution in [1.82, 2.24) is 14.8 Å². The Morgan fingerprint density at radius 1 is 1.32 bits per heavy atom. The van der Waals surface area contributed by atoms with Crippen molar-refractivity contribution < 1.29 is 9.59 Å². The van der Waals surface area contributed by atoms with Gasteiger partial charge in [0.15, 0.2) is 0 Å². The molecule has 0 unspecified atom stereocenters. The lowest BCUT2D eigenvalue weighted by Gasteiger charge is -2.33. The lowest BCUT2D eigenvalue weighted by molar-refractivity contribution is -0.150. The van der Waals surface area contributed by atoms with E-state index in [1.807, 2.05) is 12.3 Å². The van der Waals surface area contributed by atoms with Crippen molar-refractivity contribution in [1.29, 1.82) is 0 Å². The van der Waals surface area contributed by atoms with Crippen LogP contribution in [0.4, 0.5) is 0 Å². The molecule has 104 valence electrons. The summed E-state index contributed by atoms with van der Waals surface area (Å²) >= 11 is 7.16. The van der Waals surface area contributed by atoms with Crippen molar-refractivity contribution in [3.63, 3.8) is 0 Å². The van der Waals surface area contributed by atoms with E-state index in [4.69, 9.17) is 11.6 Å². The molecule has 7 heteroatoms. The summed E-state index contributed by atoms with van der Waals surface area (Å²) in [4.78, 5) is 31.4. The van der Waals surface area contributed by atoms with E-state index in [9.17, 15) is 9.59 Å². The Kier molecular flexibility index (Phi) is 4.76. The Labute approximate surface area is 121 Å². The van der Waals surface area contributed by atoms with E-state index < -0.39 is 0 Å². The molecule has 0 aromatic carbocycles. The van der Waals surface area contributed by atoms with E-state index in [0.29, 0.717) is 19.0 Å². The summed E-state index contributed by atoms with van der Waals surface area (Å²) in [5, 5.41) is 2.70. The van der Waals surface area contributed by atoms with Crippen LogP contribution in [-0.4, -0.2) is 46.2 Å². The highest BCUT2D eigenvalue weighted by molar-refractivity contribution is 7.09. The van der Waals surface area contributed by atoms with Gasteiger partial charge in [-0.25, -0.2) is 4.98 Å². The molecule has 0 atom stereocenters. The number of alkyl halides is 1. The Hall–Kier alpha value is -1.14. The van der Waals surface area contributed by atoms with Crippen molar-refractivity contribution in [2.45, 2.75) is 25.8 Å². The number of hydrogen-bond acceptors (Lipinski definition) is 4. The van der Waals surface area contributed by atoms with Gasteiger partial charge >= 0.3 is 0 Å². The van der Waals surface area contributed by atoms with Gasteiger partial charge < -0.3 is 9.80 Å². The standard InChI is InChI=1S/C12H16ClN3O2S/c1-2-3-15-6-12(18)16(7-11(15)17)5-10-14-9(4-13)8-19-10/h8H,2-7H2,1H3. The third-order valence-electron chi connectivity index (χ3n) is 2.91. The fourth-order valence-corrected chi connectivity index (χ4v) is 3.00. The van der Waals surface area contributed by atoms with E-state index in [-0.39, 0.29) is 24.9 Å². The summed E-state index contributed by atoms with van der Waals surface area (Å²) in [6, 6.07) is 0. The van der Waals surface area contributed by atoms with Crippen LogP contribution in [0.15, 0.2) is 5.38 Å². The average molecular weight is 302 g/mol. The fraction of sp³-hybridized carbons (Fsp3) is 0.583. The molecule has 0 saturated carbocycles. The van der Waals surface area contributed by atoms with Gasteiger partial charge in [0.05, 0.1) is 24.7 Å². The Balaban J connectivity index is 1.98. The maximum Gasteiger partial charge on any atom is 0.243 e. The minimum Gasteiger partial charge on any atom is -0.332 e. The third kappa shape index (κ3) is 3.45. The SMILES string of the molecule is CCCN1CC(=O)N(Cc2nc(CCl)cs2)CC1=O. The van der Waals surface area contributed by atoms with Gasteiger partial charge in [0.25, 0.3) is 0 Å². The van der Waals surface area contributed by atoms with E-state index in [1.165, 1.54) is 11.3 Å². The first kappa shape index (κ1) is 14.3. The van der Waals surface area contributed by atoms with Crippen molar-refractivity contribution in [3.8, 4) is 0 Å². The quantitative estimate of drug-likeness (QED) is 0.774. The van der Waals surface area contributed by atoms with Gasteiger partial charge in [-0.2, -0.15) is 0 Å². The summed E-state index contributed by atoms with van der Waals surface area (Å²) in [5.41, 5.74) is 0.810. The molecule has 0 aliphatic carbocycles. The largest absolute Gasteiger partial charge is 0.332 e. The third-order valence-corrected chi connectivity index (χ3v) is 4.07. The van der Waals surface area contributed by atoms with E-state index >= 15 is 0 Å². The molecule has 1 aliphatic heterocycles. The maximum absolute atomic E-state index is 12.0. The molecule has 0 radical (unpaired) electrons. The number of amides is 2. The fourth-order valence-electron chi connectivity index (χ4n) is 1.97. The first-order valence-corrected chi connectivity index (χ1v) is 7.60. The Morgan fingerprint density at radius 3 is 2.63 bits per heavy atom. The molecule has 0 N–H and O–H groups in total. The average Bonchev–Trinajstić information content (AvgIpc) is 2.83. The summed E-state index contributed by atoms with van der Waals surface area (Å²) in [5.74, 6) is 0.361. The smallest absolute Gasteiger partial charge is 0.243 e. The monoisotopic (exact) mass is 301 g/mol. The molecule has 1 saturated heterocycles. The zero-order chi connectivity index (χ0) is 13.8. The van der Waals surface area contributed by atoms with Gasteiger partial charge in [-0.15, -0.1) is 22.9 Å². The number of piperazine rings is 1. The molecular weight excluding hydrogens is 286 g/mol. The van der Waals surface area contributed by atoms with Gasteiger partial charge in [0.2, 0.25) is 11.8 Å². The predicted molar refractivity (Wildman–Crippen MR) is 74.0 cm³/mol. The minimum atomic E-state index is -0.0179. The molecule has 1 aromatic heterocycles. The Morgan fingerprint density at radius 2 is 2.00 bits per heavy atom. The van der Waals surface area contributed by atoms with Crippen molar-refractivity contribution in [3.05, 3.63) is 16.1 Å².